The molecule has 7 N–H and O–H groups in total. The molecule has 3 atom stereocenters. The Labute approximate surface area is 508 Å². The molecule has 82 heavy (non-hydrogen) atoms. The van der Waals surface area contributed by atoms with E-state index >= 15 is 0 Å². The summed E-state index contributed by atoms with van der Waals surface area (Å²) in [6.07, 6.45) is 19.0. The van der Waals surface area contributed by atoms with Crippen LogP contribution in [-0.2, 0) is 24.0 Å². The number of hydrogen-bond acceptors (Lipinski definition) is 11. The van der Waals surface area contributed by atoms with Gasteiger partial charge in [-0.05, 0) is 214 Å². The molecule has 5 amide bonds. The molecule has 0 aromatic carbocycles. The summed E-state index contributed by atoms with van der Waals surface area (Å²) >= 11 is 0. The second-order valence-electron chi connectivity index (χ2n) is 24.9. The predicted octanol–water partition coefficient (Wildman–Crippen LogP) is 10.1. The molecule has 8 aliphatic heterocycles. The molecule has 9 aliphatic rings. The van der Waals surface area contributed by atoms with Crippen LogP contribution in [0, 0.1) is 45.8 Å². The van der Waals surface area contributed by atoms with Crippen LogP contribution in [0.2, 0.25) is 0 Å². The molecule has 3 unspecified atom stereocenters. The number of fused-ring (bicyclic) bond motifs is 2. The molecule has 0 aromatic heterocycles. The lowest BCUT2D eigenvalue weighted by atomic mass is 9.61. The average molecular weight is 1170 g/mol. The smallest absolute Gasteiger partial charge is 0.223 e. The molecule has 0 aromatic rings. The van der Waals surface area contributed by atoms with Crippen molar-refractivity contribution in [3.8, 4) is 0 Å². The van der Waals surface area contributed by atoms with E-state index in [2.05, 4.69) is 136 Å². The predicted molar refractivity (Wildman–Crippen MR) is 353 cm³/mol. The maximum atomic E-state index is 11.4. The molecule has 1 saturated carbocycles. The molecule has 2 bridgehead atoms. The number of carbonyl (C=O) groups excluding carboxylic acids is 5. The van der Waals surface area contributed by atoms with E-state index in [9.17, 15) is 24.0 Å². The van der Waals surface area contributed by atoms with Gasteiger partial charge in [0.1, 0.15) is 0 Å². The summed E-state index contributed by atoms with van der Waals surface area (Å²) in [6.45, 7) is 45.3. The molecular formula is C66H141N11O5. The quantitative estimate of drug-likeness (QED) is 0.176. The number of amides is 5. The summed E-state index contributed by atoms with van der Waals surface area (Å²) in [5.74, 6) is 3.56. The van der Waals surface area contributed by atoms with Crippen LogP contribution in [0.3, 0.4) is 0 Å². The number of primary amides is 2. The first-order valence-electron chi connectivity index (χ1n) is 33.2. The van der Waals surface area contributed by atoms with Crippen LogP contribution in [0.15, 0.2) is 0 Å². The lowest BCUT2D eigenvalue weighted by Gasteiger charge is -2.51. The fourth-order valence-corrected chi connectivity index (χ4v) is 10.7. The maximum Gasteiger partial charge on any atom is 0.223 e. The van der Waals surface area contributed by atoms with Gasteiger partial charge in [0, 0.05) is 63.3 Å². The SMILES string of the molecule is CC.CC.CC.CC1CCCN(C)CC1.CCC.CCC.CCC.CN1CCC(C)(C(N)=O)CC1.CN1CCC(C)(C(N)=O)CC1.CN1CCC2(CC1)CNC(=O)C2.CNC(=O)C1C2CC1CN(C)C2.CNC(=O)CC1CCN(C)CC1. The first-order valence-corrected chi connectivity index (χ1v) is 33.2. The zero-order valence-corrected chi connectivity index (χ0v) is 58.5. The highest BCUT2D eigenvalue weighted by molar-refractivity contribution is 5.81. The van der Waals surface area contributed by atoms with E-state index in [1.54, 1.807) is 14.1 Å². The highest BCUT2D eigenvalue weighted by Crippen LogP contribution is 2.45. The fraction of sp³-hybridized carbons (Fsp3) is 0.924. The molecule has 16 nitrogen and oxygen atoms in total. The first kappa shape index (κ1) is 85.6. The van der Waals surface area contributed by atoms with Gasteiger partial charge in [-0.1, -0.05) is 123 Å². The third kappa shape index (κ3) is 37.5. The number of likely N-dealkylation sites (tertiary alicyclic amines) is 5. The van der Waals surface area contributed by atoms with E-state index in [1.165, 1.54) is 83.7 Å². The molecule has 8 saturated heterocycles. The number of piperidine rings is 6. The third-order valence-corrected chi connectivity index (χ3v) is 16.7. The lowest BCUT2D eigenvalue weighted by molar-refractivity contribution is -0.140. The lowest BCUT2D eigenvalue weighted by Crippen LogP contribution is -2.58. The number of hydrogen-bond donors (Lipinski definition) is 5. The summed E-state index contributed by atoms with van der Waals surface area (Å²) in [4.78, 5) is 69.3. The van der Waals surface area contributed by atoms with Crippen molar-refractivity contribution in [3.63, 3.8) is 0 Å². The Kier molecular flexibility index (Phi) is 52.5. The average Bonchev–Trinajstić information content (AvgIpc) is 3.71. The Hall–Kier alpha value is -2.89. The highest BCUT2D eigenvalue weighted by Gasteiger charge is 2.49. The maximum absolute atomic E-state index is 11.4. The molecule has 1 aliphatic carbocycles. The number of nitrogens with two attached hydrogens (primary N) is 2. The van der Waals surface area contributed by atoms with Crippen molar-refractivity contribution in [1.82, 2.24) is 45.3 Å². The third-order valence-electron chi connectivity index (χ3n) is 16.7. The van der Waals surface area contributed by atoms with Gasteiger partial charge in [-0.2, -0.15) is 0 Å². The van der Waals surface area contributed by atoms with Gasteiger partial charge in [-0.3, -0.25) is 24.0 Å². The van der Waals surface area contributed by atoms with E-state index < -0.39 is 0 Å². The van der Waals surface area contributed by atoms with E-state index in [-0.39, 0.29) is 40.4 Å². The Morgan fingerprint density at radius 3 is 1.23 bits per heavy atom. The van der Waals surface area contributed by atoms with Crippen LogP contribution >= 0.6 is 0 Å². The van der Waals surface area contributed by atoms with Crippen LogP contribution in [0.1, 0.15) is 213 Å². The fourth-order valence-electron chi connectivity index (χ4n) is 10.7. The van der Waals surface area contributed by atoms with E-state index in [4.69, 9.17) is 11.5 Å². The zero-order chi connectivity index (χ0) is 64.1. The number of rotatable bonds is 5. The van der Waals surface area contributed by atoms with Crippen LogP contribution < -0.4 is 27.4 Å². The standard InChI is InChI=1S/2C9H16N2O.C9H18N2O.2C8H16N2O.C8H17N.3C3H8.3C2H6/c1-10-9(12)8-6-3-7(8)5-11(2)4-6;1-11-4-2-9(3-5-11)6-8(12)10-7-9;1-10-9(12)7-8-3-5-11(2)6-4-8;2*1-8(7(9)11)3-5-10(2)6-4-8;1-8-4-3-6-9(2)7-5-8;3*1-3-2;3*1-2/h6-8H,3-5H2,1-2H3,(H,10,12);2-7H2,1H3,(H,10,12);8H,3-7H2,1-2H3,(H,10,12);2*3-6H2,1-2H3,(H2,9,11);8H,3-7H2,1-2H3;3*3H2,1-2H3;3*1-2H3. The van der Waals surface area contributed by atoms with Crippen molar-refractivity contribution in [2.45, 2.75) is 213 Å². The van der Waals surface area contributed by atoms with Gasteiger partial charge in [-0.15, -0.1) is 0 Å². The summed E-state index contributed by atoms with van der Waals surface area (Å²) in [5, 5.41) is 8.36. The van der Waals surface area contributed by atoms with Crippen LogP contribution in [0.4, 0.5) is 0 Å². The molecule has 8 heterocycles. The van der Waals surface area contributed by atoms with Crippen LogP contribution in [0.5, 0.6) is 0 Å². The van der Waals surface area contributed by atoms with Crippen molar-refractivity contribution in [3.05, 3.63) is 0 Å². The van der Waals surface area contributed by atoms with Crippen molar-refractivity contribution >= 4 is 29.5 Å². The van der Waals surface area contributed by atoms with Crippen molar-refractivity contribution in [1.29, 1.82) is 0 Å². The summed E-state index contributed by atoms with van der Waals surface area (Å²) in [7, 11) is 16.2. The Morgan fingerprint density at radius 2 is 0.890 bits per heavy atom. The van der Waals surface area contributed by atoms with Gasteiger partial charge < -0.3 is 56.8 Å². The zero-order valence-electron chi connectivity index (χ0n) is 58.5. The van der Waals surface area contributed by atoms with E-state index in [0.29, 0.717) is 35.5 Å². The highest BCUT2D eigenvalue weighted by atomic mass is 16.2. The second kappa shape index (κ2) is 50.3. The first-order chi connectivity index (χ1) is 38.8. The van der Waals surface area contributed by atoms with Gasteiger partial charge in [0.15, 0.2) is 0 Å². The number of nitrogens with one attached hydrogen (secondary N) is 3. The van der Waals surface area contributed by atoms with Gasteiger partial charge >= 0.3 is 0 Å². The summed E-state index contributed by atoms with van der Waals surface area (Å²) in [5.41, 5.74) is 10.4. The Morgan fingerprint density at radius 1 is 0.537 bits per heavy atom. The van der Waals surface area contributed by atoms with Gasteiger partial charge in [0.05, 0.1) is 0 Å². The molecule has 9 fully saturated rings. The number of nitrogens with zero attached hydrogens (tertiary/aromatic N) is 6. The summed E-state index contributed by atoms with van der Waals surface area (Å²) in [6, 6.07) is 0. The molecule has 0 radical (unpaired) electrons. The van der Waals surface area contributed by atoms with Crippen LogP contribution in [0.25, 0.3) is 0 Å². The van der Waals surface area contributed by atoms with Crippen LogP contribution in [-0.4, -0.2) is 200 Å². The summed E-state index contributed by atoms with van der Waals surface area (Å²) < 4.78 is 0. The van der Waals surface area contributed by atoms with E-state index in [0.717, 1.165) is 110 Å². The van der Waals surface area contributed by atoms with Gasteiger partial charge in [0.2, 0.25) is 29.5 Å². The van der Waals surface area contributed by atoms with Gasteiger partial charge in [0.25, 0.3) is 0 Å². The Bertz CT molecular complexity index is 1510. The van der Waals surface area contributed by atoms with Crippen molar-refractivity contribution in [2.24, 2.45) is 57.3 Å². The number of carbonyl (C=O) groups is 5. The molecule has 490 valence electrons. The second-order valence-corrected chi connectivity index (χ2v) is 24.9. The minimum atomic E-state index is -0.244. The van der Waals surface area contributed by atoms with Gasteiger partial charge in [-0.25, -0.2) is 0 Å². The normalized spacial score (nSPS) is 24.3. The largest absolute Gasteiger partial charge is 0.369 e. The van der Waals surface area contributed by atoms with E-state index in [1.807, 2.05) is 55.4 Å². The topological polar surface area (TPSA) is 193 Å². The minimum Gasteiger partial charge on any atom is -0.369 e. The molecule has 16 heteroatoms. The molecule has 1 spiro atoms. The monoisotopic (exact) mass is 1170 g/mol. The molecular weight excluding hydrogens is 1030 g/mol. The minimum absolute atomic E-state index is 0.148. The van der Waals surface area contributed by atoms with Crippen molar-refractivity contribution < 1.29 is 24.0 Å². The van der Waals surface area contributed by atoms with Crippen molar-refractivity contribution in [2.75, 3.05) is 141 Å². The molecule has 9 rings (SSSR count). The Balaban J connectivity index is -0.000000425.